The van der Waals surface area contributed by atoms with Gasteiger partial charge in [0.2, 0.25) is 10.0 Å². The third-order valence-corrected chi connectivity index (χ3v) is 9.15. The molecule has 0 amide bonds. The van der Waals surface area contributed by atoms with Gasteiger partial charge in [-0.25, -0.2) is 17.8 Å². The van der Waals surface area contributed by atoms with E-state index < -0.39 is 10.0 Å². The minimum Gasteiger partial charge on any atom is -0.370 e. The SMILES string of the molecule is C[C@H](c1ccc(F)cc1)n1cncc1CN1CCN(S(=O)(=O)c2cncc(N3CCCCC3)c2)CC1. The van der Waals surface area contributed by atoms with Gasteiger partial charge in [0.15, 0.2) is 0 Å². The summed E-state index contributed by atoms with van der Waals surface area (Å²) in [4.78, 5) is 13.3. The van der Waals surface area contributed by atoms with Crippen LogP contribution in [0, 0.1) is 5.82 Å². The molecule has 36 heavy (non-hydrogen) atoms. The maximum Gasteiger partial charge on any atom is 0.244 e. The number of hydrogen-bond donors (Lipinski definition) is 0. The van der Waals surface area contributed by atoms with Crippen LogP contribution in [0.2, 0.25) is 0 Å². The summed E-state index contributed by atoms with van der Waals surface area (Å²) in [7, 11) is -3.60. The lowest BCUT2D eigenvalue weighted by Crippen LogP contribution is -2.48. The summed E-state index contributed by atoms with van der Waals surface area (Å²) in [6.45, 7) is 6.75. The Hall–Kier alpha value is -2.82. The first-order valence-electron chi connectivity index (χ1n) is 12.6. The van der Waals surface area contributed by atoms with Crippen molar-refractivity contribution in [3.8, 4) is 0 Å². The van der Waals surface area contributed by atoms with Gasteiger partial charge in [-0.2, -0.15) is 4.31 Å². The Morgan fingerprint density at radius 2 is 1.64 bits per heavy atom. The molecule has 2 aliphatic rings. The number of hydrogen-bond acceptors (Lipinski definition) is 6. The number of piperazine rings is 1. The molecule has 0 bridgehead atoms. The van der Waals surface area contributed by atoms with Crippen LogP contribution in [0.15, 0.2) is 60.1 Å². The summed E-state index contributed by atoms with van der Waals surface area (Å²) >= 11 is 0. The predicted molar refractivity (Wildman–Crippen MR) is 137 cm³/mol. The van der Waals surface area contributed by atoms with Crippen molar-refractivity contribution in [2.24, 2.45) is 0 Å². The molecule has 0 N–H and O–H groups in total. The number of nitrogens with zero attached hydrogens (tertiary/aromatic N) is 6. The number of rotatable bonds is 7. The van der Waals surface area contributed by atoms with Gasteiger partial charge >= 0.3 is 0 Å². The fraction of sp³-hybridized carbons (Fsp3) is 0.462. The van der Waals surface area contributed by atoms with E-state index in [1.165, 1.54) is 24.8 Å². The van der Waals surface area contributed by atoms with E-state index in [0.717, 1.165) is 42.9 Å². The number of halogens is 1. The van der Waals surface area contributed by atoms with Crippen LogP contribution in [-0.4, -0.2) is 71.4 Å². The van der Waals surface area contributed by atoms with Crippen LogP contribution in [0.4, 0.5) is 10.1 Å². The lowest BCUT2D eigenvalue weighted by Gasteiger charge is -2.34. The maximum atomic E-state index is 13.4. The molecule has 1 atom stereocenters. The number of aromatic nitrogens is 3. The summed E-state index contributed by atoms with van der Waals surface area (Å²) in [5.41, 5.74) is 2.94. The number of piperidine rings is 1. The summed E-state index contributed by atoms with van der Waals surface area (Å²) < 4.78 is 43.7. The van der Waals surface area contributed by atoms with Gasteiger partial charge in [-0.15, -0.1) is 0 Å². The van der Waals surface area contributed by atoms with Crippen molar-refractivity contribution >= 4 is 15.7 Å². The van der Waals surface area contributed by atoms with E-state index in [0.29, 0.717) is 32.7 Å². The minimum absolute atomic E-state index is 0.0180. The molecule has 192 valence electrons. The molecule has 0 radical (unpaired) electrons. The van der Waals surface area contributed by atoms with Crippen molar-refractivity contribution in [3.05, 3.63) is 72.3 Å². The van der Waals surface area contributed by atoms with Crippen molar-refractivity contribution in [2.45, 2.75) is 43.7 Å². The number of pyridine rings is 1. The molecule has 10 heteroatoms. The third kappa shape index (κ3) is 5.30. The molecule has 0 aliphatic carbocycles. The Morgan fingerprint density at radius 3 is 2.36 bits per heavy atom. The van der Waals surface area contributed by atoms with Gasteiger partial charge in [0.1, 0.15) is 10.7 Å². The van der Waals surface area contributed by atoms with E-state index in [2.05, 4.69) is 31.3 Å². The van der Waals surface area contributed by atoms with Gasteiger partial charge in [-0.05, 0) is 49.9 Å². The van der Waals surface area contributed by atoms with Crippen molar-refractivity contribution < 1.29 is 12.8 Å². The second kappa shape index (κ2) is 10.7. The lowest BCUT2D eigenvalue weighted by molar-refractivity contribution is 0.177. The predicted octanol–water partition coefficient (Wildman–Crippen LogP) is 3.52. The molecule has 0 unspecified atom stereocenters. The van der Waals surface area contributed by atoms with Crippen LogP contribution in [0.5, 0.6) is 0 Å². The minimum atomic E-state index is -3.60. The van der Waals surface area contributed by atoms with Crippen LogP contribution < -0.4 is 4.90 Å². The molecule has 4 heterocycles. The summed E-state index contributed by atoms with van der Waals surface area (Å²) in [6, 6.07) is 8.32. The zero-order valence-corrected chi connectivity index (χ0v) is 21.4. The first kappa shape index (κ1) is 24.9. The number of anilines is 1. The van der Waals surface area contributed by atoms with Gasteiger partial charge in [0.25, 0.3) is 0 Å². The number of imidazole rings is 1. The highest BCUT2D eigenvalue weighted by molar-refractivity contribution is 7.89. The highest BCUT2D eigenvalue weighted by atomic mass is 32.2. The highest BCUT2D eigenvalue weighted by Crippen LogP contribution is 2.25. The highest BCUT2D eigenvalue weighted by Gasteiger charge is 2.30. The van der Waals surface area contributed by atoms with E-state index in [1.807, 2.05) is 6.20 Å². The first-order valence-corrected chi connectivity index (χ1v) is 14.0. The zero-order chi connectivity index (χ0) is 25.1. The Kier molecular flexibility index (Phi) is 7.36. The largest absolute Gasteiger partial charge is 0.370 e. The summed E-state index contributed by atoms with van der Waals surface area (Å²) in [5.74, 6) is -0.251. The number of benzene rings is 1. The fourth-order valence-electron chi connectivity index (χ4n) is 5.08. The molecule has 2 fully saturated rings. The lowest BCUT2D eigenvalue weighted by atomic mass is 10.1. The monoisotopic (exact) mass is 512 g/mol. The van der Waals surface area contributed by atoms with E-state index in [9.17, 15) is 12.8 Å². The molecular weight excluding hydrogens is 479 g/mol. The second-order valence-electron chi connectivity index (χ2n) is 9.63. The van der Waals surface area contributed by atoms with Gasteiger partial charge < -0.3 is 9.47 Å². The molecule has 2 aromatic heterocycles. The average molecular weight is 513 g/mol. The second-order valence-corrected chi connectivity index (χ2v) is 11.6. The molecule has 5 rings (SSSR count). The zero-order valence-electron chi connectivity index (χ0n) is 20.6. The van der Waals surface area contributed by atoms with Crippen LogP contribution in [0.3, 0.4) is 0 Å². The Balaban J connectivity index is 1.22. The van der Waals surface area contributed by atoms with E-state index in [4.69, 9.17) is 0 Å². The van der Waals surface area contributed by atoms with E-state index in [1.54, 1.807) is 35.0 Å². The van der Waals surface area contributed by atoms with E-state index in [-0.39, 0.29) is 16.8 Å². The molecule has 2 saturated heterocycles. The number of sulfonamides is 1. The molecule has 0 spiro atoms. The Morgan fingerprint density at radius 1 is 0.917 bits per heavy atom. The van der Waals surface area contributed by atoms with Crippen molar-refractivity contribution in [2.75, 3.05) is 44.2 Å². The Bertz CT molecular complexity index is 1270. The molecule has 0 saturated carbocycles. The van der Waals surface area contributed by atoms with Crippen LogP contribution >= 0.6 is 0 Å². The van der Waals surface area contributed by atoms with Gasteiger partial charge in [0, 0.05) is 58.2 Å². The summed E-state index contributed by atoms with van der Waals surface area (Å²) in [5, 5.41) is 0. The molecule has 3 aromatic rings. The van der Waals surface area contributed by atoms with Gasteiger partial charge in [-0.3, -0.25) is 9.88 Å². The standard InChI is InChI=1S/C26H33FN6O2S/c1-21(22-5-7-23(27)8-6-22)33-20-29-17-25(33)19-30-11-13-32(14-12-30)36(34,35)26-15-24(16-28-18-26)31-9-3-2-4-10-31/h5-8,15-18,20-21H,2-4,9-14,19H2,1H3/t21-/m1/s1. The van der Waals surface area contributed by atoms with Crippen LogP contribution in [0.25, 0.3) is 0 Å². The van der Waals surface area contributed by atoms with Gasteiger partial charge in [0.05, 0.1) is 29.9 Å². The average Bonchev–Trinajstić information content (AvgIpc) is 3.37. The fourth-order valence-corrected chi connectivity index (χ4v) is 6.49. The quantitative estimate of drug-likeness (QED) is 0.482. The molecule has 1 aromatic carbocycles. The third-order valence-electron chi connectivity index (χ3n) is 7.29. The molecule has 8 nitrogen and oxygen atoms in total. The van der Waals surface area contributed by atoms with Crippen molar-refractivity contribution in [1.82, 2.24) is 23.7 Å². The maximum absolute atomic E-state index is 13.4. The van der Waals surface area contributed by atoms with Crippen LogP contribution in [0.1, 0.15) is 43.5 Å². The smallest absolute Gasteiger partial charge is 0.244 e. The molecular formula is C26H33FN6O2S. The van der Waals surface area contributed by atoms with Crippen LogP contribution in [-0.2, 0) is 16.6 Å². The van der Waals surface area contributed by atoms with Gasteiger partial charge in [-0.1, -0.05) is 12.1 Å². The topological polar surface area (TPSA) is 74.6 Å². The van der Waals surface area contributed by atoms with Crippen molar-refractivity contribution in [3.63, 3.8) is 0 Å². The van der Waals surface area contributed by atoms with Crippen molar-refractivity contribution in [1.29, 1.82) is 0 Å². The van der Waals surface area contributed by atoms with E-state index >= 15 is 0 Å². The molecule has 2 aliphatic heterocycles. The normalized spacial score (nSPS) is 18.9. The Labute approximate surface area is 212 Å². The summed E-state index contributed by atoms with van der Waals surface area (Å²) in [6.07, 6.45) is 10.3. The first-order chi connectivity index (χ1) is 17.4.